The highest BCUT2D eigenvalue weighted by Crippen LogP contribution is 2.27. The van der Waals surface area contributed by atoms with E-state index in [1.54, 1.807) is 12.3 Å². The summed E-state index contributed by atoms with van der Waals surface area (Å²) < 4.78 is 0. The molecule has 1 saturated heterocycles. The van der Waals surface area contributed by atoms with E-state index in [0.717, 1.165) is 25.2 Å². The van der Waals surface area contributed by atoms with E-state index in [9.17, 15) is 0 Å². The summed E-state index contributed by atoms with van der Waals surface area (Å²) in [7, 11) is 0. The van der Waals surface area contributed by atoms with Crippen LogP contribution in [0.5, 0.6) is 0 Å². The number of hydrogen-bond donors (Lipinski definition) is 0. The fourth-order valence-corrected chi connectivity index (χ4v) is 4.02. The lowest BCUT2D eigenvalue weighted by atomic mass is 10.2. The molecular formula is C12H16Cl2N2S. The minimum atomic E-state index is 0.453. The normalized spacial score (nSPS) is 26.1. The first-order chi connectivity index (χ1) is 8.04. The van der Waals surface area contributed by atoms with Gasteiger partial charge in [-0.05, 0) is 6.07 Å². The molecule has 0 amide bonds. The maximum atomic E-state index is 6.17. The molecule has 0 saturated carbocycles. The predicted molar refractivity (Wildman–Crippen MR) is 76.0 cm³/mol. The van der Waals surface area contributed by atoms with Crippen molar-refractivity contribution < 1.29 is 0 Å². The Bertz CT molecular complexity index is 390. The molecule has 2 unspecified atom stereocenters. The summed E-state index contributed by atoms with van der Waals surface area (Å²) >= 11 is 14.0. The lowest BCUT2D eigenvalue weighted by Gasteiger charge is -2.34. The van der Waals surface area contributed by atoms with Gasteiger partial charge in [0, 0.05) is 46.9 Å². The largest absolute Gasteiger partial charge is 0.297 e. The van der Waals surface area contributed by atoms with Crippen molar-refractivity contribution in [2.75, 3.05) is 13.1 Å². The Balaban J connectivity index is 2.04. The standard InChI is InChI=1S/C12H16Cl2N2S/c1-8-5-16(6-9(2)17-8)7-10-4-15-12(14)3-11(10)13/h3-4,8-9H,5-7H2,1-2H3. The van der Waals surface area contributed by atoms with Crippen molar-refractivity contribution in [2.45, 2.75) is 30.9 Å². The molecule has 0 bridgehead atoms. The lowest BCUT2D eigenvalue weighted by Crippen LogP contribution is -2.39. The van der Waals surface area contributed by atoms with Gasteiger partial charge < -0.3 is 0 Å². The van der Waals surface area contributed by atoms with Crippen LogP contribution < -0.4 is 0 Å². The smallest absolute Gasteiger partial charge is 0.130 e. The van der Waals surface area contributed by atoms with Crippen LogP contribution in [0.3, 0.4) is 0 Å². The van der Waals surface area contributed by atoms with E-state index < -0.39 is 0 Å². The molecular weight excluding hydrogens is 275 g/mol. The van der Waals surface area contributed by atoms with E-state index in [0.29, 0.717) is 20.7 Å². The summed E-state index contributed by atoms with van der Waals surface area (Å²) in [5, 5.41) is 2.52. The van der Waals surface area contributed by atoms with Crippen LogP contribution in [0.25, 0.3) is 0 Å². The van der Waals surface area contributed by atoms with Gasteiger partial charge in [0.15, 0.2) is 0 Å². The van der Waals surface area contributed by atoms with Crippen LogP contribution in [0.2, 0.25) is 10.2 Å². The Hall–Kier alpha value is 0.0400. The Morgan fingerprint density at radius 2 is 2.00 bits per heavy atom. The van der Waals surface area contributed by atoms with Gasteiger partial charge in [-0.1, -0.05) is 37.0 Å². The van der Waals surface area contributed by atoms with Crippen LogP contribution >= 0.6 is 35.0 Å². The summed E-state index contributed by atoms with van der Waals surface area (Å²) in [6, 6.07) is 1.71. The van der Waals surface area contributed by atoms with Crippen LogP contribution in [-0.4, -0.2) is 33.5 Å². The second-order valence-electron chi connectivity index (χ2n) is 4.55. The molecule has 0 aromatic carbocycles. The van der Waals surface area contributed by atoms with Crippen LogP contribution in [-0.2, 0) is 6.54 Å². The van der Waals surface area contributed by atoms with Gasteiger partial charge in [-0.3, -0.25) is 4.90 Å². The average molecular weight is 291 g/mol. The molecule has 0 aliphatic carbocycles. The third-order valence-corrected chi connectivity index (χ3v) is 4.57. The maximum Gasteiger partial charge on any atom is 0.130 e. The number of thioether (sulfide) groups is 1. The van der Waals surface area contributed by atoms with Crippen molar-refractivity contribution in [3.63, 3.8) is 0 Å². The quantitative estimate of drug-likeness (QED) is 0.773. The zero-order chi connectivity index (χ0) is 12.4. The first kappa shape index (κ1) is 13.5. The average Bonchev–Trinajstić information content (AvgIpc) is 2.21. The van der Waals surface area contributed by atoms with Crippen molar-refractivity contribution in [3.8, 4) is 0 Å². The van der Waals surface area contributed by atoms with Gasteiger partial charge in [0.2, 0.25) is 0 Å². The number of nitrogens with zero attached hydrogens (tertiary/aromatic N) is 2. The van der Waals surface area contributed by atoms with E-state index in [4.69, 9.17) is 23.2 Å². The molecule has 1 aromatic heterocycles. The summed E-state index contributed by atoms with van der Waals surface area (Å²) in [4.78, 5) is 6.53. The Morgan fingerprint density at radius 1 is 1.35 bits per heavy atom. The summed E-state index contributed by atoms with van der Waals surface area (Å²) in [6.45, 7) is 7.62. The molecule has 17 heavy (non-hydrogen) atoms. The second-order valence-corrected chi connectivity index (χ2v) is 7.23. The molecule has 2 heterocycles. The Morgan fingerprint density at radius 3 is 2.59 bits per heavy atom. The molecule has 0 N–H and O–H groups in total. The molecule has 0 radical (unpaired) electrons. The minimum absolute atomic E-state index is 0.453. The highest BCUT2D eigenvalue weighted by Gasteiger charge is 2.22. The SMILES string of the molecule is CC1CN(Cc2cnc(Cl)cc2Cl)CC(C)S1. The van der Waals surface area contributed by atoms with Crippen LogP contribution in [0.4, 0.5) is 0 Å². The number of aromatic nitrogens is 1. The van der Waals surface area contributed by atoms with Gasteiger partial charge in [-0.15, -0.1) is 0 Å². The summed E-state index contributed by atoms with van der Waals surface area (Å²) in [5.74, 6) is 0. The molecule has 94 valence electrons. The maximum absolute atomic E-state index is 6.17. The third kappa shape index (κ3) is 3.75. The highest BCUT2D eigenvalue weighted by atomic mass is 35.5. The highest BCUT2D eigenvalue weighted by molar-refractivity contribution is 8.00. The van der Waals surface area contributed by atoms with Crippen molar-refractivity contribution in [1.82, 2.24) is 9.88 Å². The van der Waals surface area contributed by atoms with E-state index in [2.05, 4.69) is 35.5 Å². The Labute approximate surface area is 117 Å². The summed E-state index contributed by atoms with van der Waals surface area (Å²) in [6.07, 6.45) is 1.78. The van der Waals surface area contributed by atoms with E-state index >= 15 is 0 Å². The zero-order valence-corrected chi connectivity index (χ0v) is 12.3. The predicted octanol–water partition coefficient (Wildman–Crippen LogP) is 3.71. The zero-order valence-electron chi connectivity index (χ0n) is 9.99. The topological polar surface area (TPSA) is 16.1 Å². The van der Waals surface area contributed by atoms with E-state index in [1.807, 2.05) is 0 Å². The van der Waals surface area contributed by atoms with Gasteiger partial charge in [-0.25, -0.2) is 4.98 Å². The third-order valence-electron chi connectivity index (χ3n) is 2.79. The molecule has 2 rings (SSSR count). The van der Waals surface area contributed by atoms with Crippen molar-refractivity contribution in [2.24, 2.45) is 0 Å². The van der Waals surface area contributed by atoms with Crippen molar-refractivity contribution >= 4 is 35.0 Å². The molecule has 5 heteroatoms. The van der Waals surface area contributed by atoms with Crippen molar-refractivity contribution in [3.05, 3.63) is 28.0 Å². The number of pyridine rings is 1. The minimum Gasteiger partial charge on any atom is -0.297 e. The van der Waals surface area contributed by atoms with E-state index in [-0.39, 0.29) is 0 Å². The van der Waals surface area contributed by atoms with Gasteiger partial charge in [0.1, 0.15) is 5.15 Å². The van der Waals surface area contributed by atoms with Gasteiger partial charge in [-0.2, -0.15) is 11.8 Å². The molecule has 2 atom stereocenters. The molecule has 1 aliphatic heterocycles. The molecule has 1 aliphatic rings. The van der Waals surface area contributed by atoms with Gasteiger partial charge in [0.25, 0.3) is 0 Å². The number of halogens is 2. The fraction of sp³-hybridized carbons (Fsp3) is 0.583. The molecule has 1 fully saturated rings. The van der Waals surface area contributed by atoms with Crippen molar-refractivity contribution in [1.29, 1.82) is 0 Å². The Kier molecular flexibility index (Phi) is 4.59. The second kappa shape index (κ2) is 5.79. The van der Waals surface area contributed by atoms with Gasteiger partial charge in [0.05, 0.1) is 0 Å². The monoisotopic (exact) mass is 290 g/mol. The number of rotatable bonds is 2. The first-order valence-corrected chi connectivity index (χ1v) is 7.42. The van der Waals surface area contributed by atoms with Crippen LogP contribution in [0, 0.1) is 0 Å². The summed E-state index contributed by atoms with van der Waals surface area (Å²) in [5.41, 5.74) is 1.06. The van der Waals surface area contributed by atoms with Gasteiger partial charge >= 0.3 is 0 Å². The first-order valence-electron chi connectivity index (χ1n) is 5.72. The molecule has 2 nitrogen and oxygen atoms in total. The molecule has 0 spiro atoms. The lowest BCUT2D eigenvalue weighted by molar-refractivity contribution is 0.262. The number of hydrogen-bond acceptors (Lipinski definition) is 3. The molecule has 1 aromatic rings. The van der Waals surface area contributed by atoms with Crippen LogP contribution in [0.15, 0.2) is 12.3 Å². The fourth-order valence-electron chi connectivity index (χ4n) is 2.21. The van der Waals surface area contributed by atoms with E-state index in [1.165, 1.54) is 0 Å². The van der Waals surface area contributed by atoms with Crippen LogP contribution in [0.1, 0.15) is 19.4 Å².